The zero-order valence-electron chi connectivity index (χ0n) is 5.14. The van der Waals surface area contributed by atoms with Gasteiger partial charge >= 0.3 is 0 Å². The average Bonchev–Trinajstić information content (AvgIpc) is 2.15. The van der Waals surface area contributed by atoms with E-state index in [1.54, 1.807) is 0 Å². The Morgan fingerprint density at radius 2 is 2.12 bits per heavy atom. The summed E-state index contributed by atoms with van der Waals surface area (Å²) in [5.74, 6) is 1.01. The average molecular weight is 110 g/mol. The minimum Gasteiger partial charge on any atom is -0.238 e. The summed E-state index contributed by atoms with van der Waals surface area (Å²) in [7, 11) is 0. The summed E-state index contributed by atoms with van der Waals surface area (Å²) < 4.78 is 0. The van der Waals surface area contributed by atoms with Gasteiger partial charge in [0.25, 0.3) is 0 Å². The van der Waals surface area contributed by atoms with Crippen LogP contribution in [-0.2, 0) is 0 Å². The maximum atomic E-state index is 4.50. The number of hydrogen-bond acceptors (Lipinski definition) is 0. The van der Waals surface area contributed by atoms with Gasteiger partial charge in [0.2, 0.25) is 0 Å². The number of fused-ring (bicyclic) bond motifs is 1. The Morgan fingerprint density at radius 1 is 1.12 bits per heavy atom. The minimum atomic E-state index is 0.801. The number of rotatable bonds is 0. The molecular formula is C7H12N. The lowest BCUT2D eigenvalue weighted by molar-refractivity contribution is 0.514. The molecule has 0 aromatic heterocycles. The van der Waals surface area contributed by atoms with Gasteiger partial charge in [0.15, 0.2) is 0 Å². The standard InChI is InChI=1S/C7H12N/c1-2-6-4-5-8-7(6)3-1/h6-7H,1-5H2. The van der Waals surface area contributed by atoms with Gasteiger partial charge in [-0.15, -0.1) is 0 Å². The van der Waals surface area contributed by atoms with E-state index >= 15 is 0 Å². The molecule has 0 bridgehead atoms. The highest BCUT2D eigenvalue weighted by atomic mass is 15.0. The van der Waals surface area contributed by atoms with Gasteiger partial charge in [-0.1, -0.05) is 6.42 Å². The molecule has 1 aliphatic carbocycles. The molecule has 0 aromatic rings. The predicted molar refractivity (Wildman–Crippen MR) is 32.7 cm³/mol. The third kappa shape index (κ3) is 0.576. The number of nitrogens with zero attached hydrogens (tertiary/aromatic N) is 1. The summed E-state index contributed by atoms with van der Waals surface area (Å²) in [6.07, 6.45) is 5.70. The lowest BCUT2D eigenvalue weighted by Gasteiger charge is -2.03. The predicted octanol–water partition coefficient (Wildman–Crippen LogP) is 1.16. The Balaban J connectivity index is 2.04. The molecule has 2 aliphatic rings. The topological polar surface area (TPSA) is 14.1 Å². The summed E-state index contributed by atoms with van der Waals surface area (Å²) in [5.41, 5.74) is 0. The van der Waals surface area contributed by atoms with Gasteiger partial charge in [0, 0.05) is 12.6 Å². The molecule has 1 saturated heterocycles. The van der Waals surface area contributed by atoms with Crippen LogP contribution in [0.3, 0.4) is 0 Å². The van der Waals surface area contributed by atoms with Gasteiger partial charge in [-0.05, 0) is 25.2 Å². The minimum absolute atomic E-state index is 0.801. The third-order valence-corrected chi connectivity index (χ3v) is 2.48. The van der Waals surface area contributed by atoms with Crippen molar-refractivity contribution in [1.82, 2.24) is 5.32 Å². The highest BCUT2D eigenvalue weighted by Crippen LogP contribution is 2.32. The second kappa shape index (κ2) is 1.73. The molecule has 2 fully saturated rings. The molecule has 1 radical (unpaired) electrons. The SMILES string of the molecule is C1CC2CC[N]C2C1. The molecule has 8 heavy (non-hydrogen) atoms. The van der Waals surface area contributed by atoms with Gasteiger partial charge in [0.1, 0.15) is 0 Å². The van der Waals surface area contributed by atoms with Gasteiger partial charge in [-0.3, -0.25) is 0 Å². The van der Waals surface area contributed by atoms with Crippen molar-refractivity contribution >= 4 is 0 Å². The van der Waals surface area contributed by atoms with Crippen molar-refractivity contribution in [1.29, 1.82) is 0 Å². The molecule has 0 amide bonds. The van der Waals surface area contributed by atoms with E-state index in [2.05, 4.69) is 5.32 Å². The highest BCUT2D eigenvalue weighted by molar-refractivity contribution is 4.87. The van der Waals surface area contributed by atoms with Gasteiger partial charge in [-0.2, -0.15) is 0 Å². The first kappa shape index (κ1) is 4.80. The summed E-state index contributed by atoms with van der Waals surface area (Å²) in [5, 5.41) is 4.50. The zero-order valence-corrected chi connectivity index (χ0v) is 5.14. The molecule has 1 heteroatoms. The van der Waals surface area contributed by atoms with Crippen molar-refractivity contribution < 1.29 is 0 Å². The number of hydrogen-bond donors (Lipinski definition) is 0. The van der Waals surface area contributed by atoms with Crippen LogP contribution in [0.15, 0.2) is 0 Å². The van der Waals surface area contributed by atoms with Crippen LogP contribution in [0.25, 0.3) is 0 Å². The molecule has 0 spiro atoms. The van der Waals surface area contributed by atoms with Crippen LogP contribution in [0.4, 0.5) is 0 Å². The van der Waals surface area contributed by atoms with E-state index < -0.39 is 0 Å². The van der Waals surface area contributed by atoms with Gasteiger partial charge < -0.3 is 0 Å². The largest absolute Gasteiger partial charge is 0.238 e. The van der Waals surface area contributed by atoms with Crippen molar-refractivity contribution in [2.75, 3.05) is 6.54 Å². The molecule has 1 heterocycles. The van der Waals surface area contributed by atoms with E-state index in [-0.39, 0.29) is 0 Å². The fourth-order valence-electron chi connectivity index (χ4n) is 2.00. The van der Waals surface area contributed by atoms with Crippen LogP contribution in [0.1, 0.15) is 25.7 Å². The molecule has 2 atom stereocenters. The first-order valence-corrected chi connectivity index (χ1v) is 3.63. The van der Waals surface area contributed by atoms with Crippen LogP contribution in [0.5, 0.6) is 0 Å². The summed E-state index contributed by atoms with van der Waals surface area (Å²) in [6.45, 7) is 1.16. The van der Waals surface area contributed by atoms with Crippen molar-refractivity contribution in [3.63, 3.8) is 0 Å². The molecular weight excluding hydrogens is 98.1 g/mol. The van der Waals surface area contributed by atoms with Gasteiger partial charge in [-0.25, -0.2) is 5.32 Å². The van der Waals surface area contributed by atoms with Crippen LogP contribution in [0, 0.1) is 5.92 Å². The zero-order chi connectivity index (χ0) is 5.40. The molecule has 0 N–H and O–H groups in total. The normalized spacial score (nSPS) is 45.0. The lowest BCUT2D eigenvalue weighted by Crippen LogP contribution is -2.14. The van der Waals surface area contributed by atoms with Crippen LogP contribution in [0.2, 0.25) is 0 Å². The molecule has 0 aromatic carbocycles. The van der Waals surface area contributed by atoms with E-state index in [1.165, 1.54) is 25.7 Å². The molecule has 2 unspecified atom stereocenters. The van der Waals surface area contributed by atoms with E-state index in [4.69, 9.17) is 0 Å². The first-order valence-electron chi connectivity index (χ1n) is 3.63. The summed E-state index contributed by atoms with van der Waals surface area (Å²) in [4.78, 5) is 0. The first-order chi connectivity index (χ1) is 3.97. The van der Waals surface area contributed by atoms with Crippen LogP contribution in [-0.4, -0.2) is 12.6 Å². The summed E-state index contributed by atoms with van der Waals surface area (Å²) >= 11 is 0. The van der Waals surface area contributed by atoms with Crippen molar-refractivity contribution in [2.45, 2.75) is 31.7 Å². The van der Waals surface area contributed by atoms with E-state index in [0.29, 0.717) is 0 Å². The monoisotopic (exact) mass is 110 g/mol. The second-order valence-corrected chi connectivity index (χ2v) is 2.95. The van der Waals surface area contributed by atoms with E-state index in [9.17, 15) is 0 Å². The van der Waals surface area contributed by atoms with E-state index in [0.717, 1.165) is 18.5 Å². The lowest BCUT2D eigenvalue weighted by atomic mass is 10.1. The maximum absolute atomic E-state index is 4.50. The fourth-order valence-corrected chi connectivity index (χ4v) is 2.00. The van der Waals surface area contributed by atoms with Crippen LogP contribution < -0.4 is 5.32 Å². The Bertz CT molecular complexity index is 70.4. The van der Waals surface area contributed by atoms with Gasteiger partial charge in [0.05, 0.1) is 0 Å². The molecule has 2 rings (SSSR count). The Morgan fingerprint density at radius 3 is 3.00 bits per heavy atom. The van der Waals surface area contributed by atoms with Crippen molar-refractivity contribution in [3.8, 4) is 0 Å². The van der Waals surface area contributed by atoms with Crippen molar-refractivity contribution in [3.05, 3.63) is 0 Å². The fraction of sp³-hybridized carbons (Fsp3) is 1.00. The molecule has 1 saturated carbocycles. The Hall–Kier alpha value is -0.0400. The molecule has 1 aliphatic heterocycles. The maximum Gasteiger partial charge on any atom is 0.0274 e. The Kier molecular flexibility index (Phi) is 1.04. The Labute approximate surface area is 50.5 Å². The highest BCUT2D eigenvalue weighted by Gasteiger charge is 2.31. The smallest absolute Gasteiger partial charge is 0.0274 e. The second-order valence-electron chi connectivity index (χ2n) is 2.95. The molecule has 45 valence electrons. The van der Waals surface area contributed by atoms with Crippen molar-refractivity contribution in [2.24, 2.45) is 5.92 Å². The third-order valence-electron chi connectivity index (χ3n) is 2.48. The van der Waals surface area contributed by atoms with E-state index in [1.807, 2.05) is 0 Å². The summed E-state index contributed by atoms with van der Waals surface area (Å²) in [6, 6.07) is 0.801. The molecule has 1 nitrogen and oxygen atoms in total. The quantitative estimate of drug-likeness (QED) is 0.444. The van der Waals surface area contributed by atoms with Crippen LogP contribution >= 0.6 is 0 Å².